The first kappa shape index (κ1) is 22.7. The van der Waals surface area contributed by atoms with Crippen LogP contribution in [-0.4, -0.2) is 8.07 Å². The van der Waals surface area contributed by atoms with E-state index in [2.05, 4.69) is 67.6 Å². The van der Waals surface area contributed by atoms with Crippen molar-refractivity contribution in [2.45, 2.75) is 43.4 Å². The maximum absolute atomic E-state index is 3.58. The molecule has 0 aromatic heterocycles. The van der Waals surface area contributed by atoms with E-state index in [-0.39, 0.29) is 46.5 Å². The Hall–Kier alpha value is -0.569. The molecule has 5 rings (SSSR count). The monoisotopic (exact) mass is 445 g/mol. The molecule has 2 aromatic rings. The van der Waals surface area contributed by atoms with Crippen LogP contribution in [0.4, 0.5) is 0 Å². The Labute approximate surface area is 191 Å². The second-order valence-electron chi connectivity index (χ2n) is 7.55. The molecule has 1 radical (unpaired) electrons. The van der Waals surface area contributed by atoms with Gasteiger partial charge in [-0.3, -0.25) is 0 Å². The van der Waals surface area contributed by atoms with Gasteiger partial charge in [0.15, 0.2) is 0 Å². The summed E-state index contributed by atoms with van der Waals surface area (Å²) in [6.07, 6.45) is 10.5. The van der Waals surface area contributed by atoms with Crippen molar-refractivity contribution in [3.05, 3.63) is 77.4 Å². The number of allylic oxidation sites excluding steroid dienone is 4. The van der Waals surface area contributed by atoms with Crippen LogP contribution in [0.5, 0.6) is 0 Å². The van der Waals surface area contributed by atoms with Gasteiger partial charge >= 0.3 is 21.7 Å². The average Bonchev–Trinajstić information content (AvgIpc) is 3.22. The summed E-state index contributed by atoms with van der Waals surface area (Å²) >= 11 is 0. The van der Waals surface area contributed by atoms with Gasteiger partial charge in [-0.25, -0.2) is 0 Å². The van der Waals surface area contributed by atoms with Crippen molar-refractivity contribution in [2.24, 2.45) is 0 Å². The summed E-state index contributed by atoms with van der Waals surface area (Å²) in [4.78, 5) is 0. The van der Waals surface area contributed by atoms with Crippen LogP contribution in [0.15, 0.2) is 54.6 Å². The molecular formula is C23H23Cl2SiTi. The third kappa shape index (κ3) is 3.36. The number of rotatable bonds is 3. The van der Waals surface area contributed by atoms with E-state index in [0.717, 1.165) is 6.42 Å². The third-order valence-electron chi connectivity index (χ3n) is 6.61. The number of hydrogen-bond donors (Lipinski definition) is 0. The van der Waals surface area contributed by atoms with E-state index < -0.39 is 8.07 Å². The van der Waals surface area contributed by atoms with Crippen molar-refractivity contribution < 1.29 is 46.5 Å². The van der Waals surface area contributed by atoms with E-state index in [1.807, 2.05) is 0 Å². The Morgan fingerprint density at radius 1 is 0.963 bits per heavy atom. The van der Waals surface area contributed by atoms with Crippen LogP contribution in [-0.2, 0) is 21.7 Å². The molecule has 0 saturated carbocycles. The van der Waals surface area contributed by atoms with Gasteiger partial charge in [-0.15, -0.1) is 17.7 Å². The van der Waals surface area contributed by atoms with Crippen LogP contribution in [0.3, 0.4) is 0 Å². The molecule has 4 heteroatoms. The van der Waals surface area contributed by atoms with Gasteiger partial charge in [0.25, 0.3) is 0 Å². The van der Waals surface area contributed by atoms with Gasteiger partial charge in [-0.2, -0.15) is 17.7 Å². The minimum absolute atomic E-state index is 0. The SMILES string of the molecule is CC[Si]1(C2c3ccccc3-c3cccc(C4=[C-]CC=C4)c32)CCC1.[Cl-].[Cl-].[Ti+3]. The van der Waals surface area contributed by atoms with Crippen LogP contribution in [0.25, 0.3) is 16.7 Å². The molecular weight excluding hydrogens is 423 g/mol. The van der Waals surface area contributed by atoms with Gasteiger partial charge in [0.1, 0.15) is 0 Å². The van der Waals surface area contributed by atoms with Crippen molar-refractivity contribution in [1.29, 1.82) is 0 Å². The summed E-state index contributed by atoms with van der Waals surface area (Å²) in [5.74, 6) is 0. The van der Waals surface area contributed by atoms with Gasteiger partial charge in [-0.1, -0.05) is 79.9 Å². The van der Waals surface area contributed by atoms with E-state index in [9.17, 15) is 0 Å². The first-order chi connectivity index (χ1) is 11.8. The number of fused-ring (bicyclic) bond motifs is 3. The molecule has 1 heterocycles. The zero-order valence-electron chi connectivity index (χ0n) is 15.6. The molecule has 27 heavy (non-hydrogen) atoms. The number of halogens is 2. The Morgan fingerprint density at radius 3 is 2.30 bits per heavy atom. The summed E-state index contributed by atoms with van der Waals surface area (Å²) in [6, 6.07) is 20.6. The second kappa shape index (κ2) is 8.84. The molecule has 1 saturated heterocycles. The fourth-order valence-electron chi connectivity index (χ4n) is 5.20. The fraction of sp³-hybridized carbons (Fsp3) is 0.304. The Kier molecular flexibility index (Phi) is 7.44. The van der Waals surface area contributed by atoms with E-state index in [4.69, 9.17) is 0 Å². The van der Waals surface area contributed by atoms with E-state index >= 15 is 0 Å². The largest absolute Gasteiger partial charge is 3.00 e. The van der Waals surface area contributed by atoms with Crippen LogP contribution >= 0.6 is 0 Å². The molecule has 1 unspecified atom stereocenters. The molecule has 0 spiro atoms. The van der Waals surface area contributed by atoms with Crippen LogP contribution in [0, 0.1) is 6.08 Å². The second-order valence-corrected chi connectivity index (χ2v) is 12.6. The summed E-state index contributed by atoms with van der Waals surface area (Å²) in [6.45, 7) is 2.45. The molecule has 0 N–H and O–H groups in total. The molecule has 2 aromatic carbocycles. The fourth-order valence-corrected chi connectivity index (χ4v) is 9.99. The standard InChI is InChI=1S/C23H23Si.2ClH.Ti/c1-2-24(15-8-16-24)23-21-12-6-5-11-19(21)20-14-7-13-18(22(20)23)17-9-3-4-10-17;;;/h3,5-7,9,11-14,23H,2,4,8,15-16H2,1H3;2*1H;/q-1;;;+3/p-2. The van der Waals surface area contributed by atoms with Gasteiger partial charge in [0.05, 0.1) is 8.07 Å². The minimum atomic E-state index is -1.23. The molecule has 1 atom stereocenters. The van der Waals surface area contributed by atoms with Crippen molar-refractivity contribution in [1.82, 2.24) is 0 Å². The van der Waals surface area contributed by atoms with Crippen LogP contribution in [0.1, 0.15) is 42.0 Å². The third-order valence-corrected chi connectivity index (χ3v) is 12.5. The maximum Gasteiger partial charge on any atom is 3.00 e. The molecule has 1 fully saturated rings. The Balaban J connectivity index is 0.000000871. The summed E-state index contributed by atoms with van der Waals surface area (Å²) < 4.78 is 0. The normalized spacial score (nSPS) is 20.2. The first-order valence-corrected chi connectivity index (χ1v) is 12.0. The molecule has 0 nitrogen and oxygen atoms in total. The quantitative estimate of drug-likeness (QED) is 0.472. The molecule has 0 amide bonds. The van der Waals surface area contributed by atoms with Crippen molar-refractivity contribution in [3.63, 3.8) is 0 Å². The average molecular weight is 446 g/mol. The first-order valence-electron chi connectivity index (χ1n) is 9.34. The van der Waals surface area contributed by atoms with Crippen LogP contribution < -0.4 is 24.8 Å². The predicted octanol–water partition coefficient (Wildman–Crippen LogP) is 0.362. The topological polar surface area (TPSA) is 0 Å². The zero-order chi connectivity index (χ0) is 16.1. The maximum atomic E-state index is 3.58. The van der Waals surface area contributed by atoms with Gasteiger partial charge in [-0.05, 0) is 22.2 Å². The predicted molar refractivity (Wildman–Crippen MR) is 105 cm³/mol. The minimum Gasteiger partial charge on any atom is -1.00 e. The van der Waals surface area contributed by atoms with Gasteiger partial charge in [0.2, 0.25) is 0 Å². The molecule has 137 valence electrons. The molecule has 3 aliphatic rings. The summed E-state index contributed by atoms with van der Waals surface area (Å²) in [7, 11) is -1.23. The molecule has 1 aliphatic heterocycles. The van der Waals surface area contributed by atoms with Crippen molar-refractivity contribution >= 4 is 13.6 Å². The van der Waals surface area contributed by atoms with E-state index in [1.165, 1.54) is 46.8 Å². The summed E-state index contributed by atoms with van der Waals surface area (Å²) in [5, 5.41) is 0. The molecule has 0 bridgehead atoms. The van der Waals surface area contributed by atoms with Gasteiger partial charge in [0, 0.05) is 0 Å². The van der Waals surface area contributed by atoms with Crippen molar-refractivity contribution in [2.75, 3.05) is 0 Å². The van der Waals surface area contributed by atoms with Crippen LogP contribution in [0.2, 0.25) is 18.1 Å². The van der Waals surface area contributed by atoms with E-state index in [0.29, 0.717) is 5.54 Å². The Morgan fingerprint density at radius 2 is 1.67 bits per heavy atom. The smallest absolute Gasteiger partial charge is 1.00 e. The van der Waals surface area contributed by atoms with Crippen molar-refractivity contribution in [3.8, 4) is 11.1 Å². The number of benzene rings is 2. The molecule has 2 aliphatic carbocycles. The zero-order valence-corrected chi connectivity index (χ0v) is 19.6. The van der Waals surface area contributed by atoms with E-state index in [1.54, 1.807) is 11.1 Å². The summed E-state index contributed by atoms with van der Waals surface area (Å²) in [5.41, 5.74) is 9.72. The Bertz CT molecular complexity index is 878. The number of hydrogen-bond acceptors (Lipinski definition) is 0. The van der Waals surface area contributed by atoms with Gasteiger partial charge < -0.3 is 24.8 Å².